The van der Waals surface area contributed by atoms with Crippen molar-refractivity contribution < 1.29 is 8.42 Å². The Bertz CT molecular complexity index is 353. The van der Waals surface area contributed by atoms with Crippen molar-refractivity contribution in [3.8, 4) is 0 Å². The fraction of sp³-hybridized carbons (Fsp3) is 1.00. The van der Waals surface area contributed by atoms with E-state index < -0.39 is 10.0 Å². The van der Waals surface area contributed by atoms with Gasteiger partial charge in [-0.25, -0.2) is 8.42 Å². The van der Waals surface area contributed by atoms with Crippen LogP contribution in [-0.2, 0) is 10.0 Å². The van der Waals surface area contributed by atoms with Crippen LogP contribution in [0.1, 0.15) is 46.0 Å². The molecule has 2 rings (SSSR count). The van der Waals surface area contributed by atoms with Gasteiger partial charge in [-0.05, 0) is 38.0 Å². The van der Waals surface area contributed by atoms with Crippen LogP contribution in [0.2, 0.25) is 0 Å². The molecule has 2 saturated heterocycles. The van der Waals surface area contributed by atoms with Gasteiger partial charge in [0.2, 0.25) is 10.0 Å². The molecule has 0 saturated carbocycles. The van der Waals surface area contributed by atoms with E-state index in [0.29, 0.717) is 11.7 Å². The molecule has 17 heavy (non-hydrogen) atoms. The maximum absolute atomic E-state index is 12.3. The SMILES string of the molecule is CC(C)CCS(=O)(=O)N1C2CCC1CC(N)C2. The topological polar surface area (TPSA) is 63.4 Å². The number of sulfonamides is 1. The van der Waals surface area contributed by atoms with E-state index in [1.807, 2.05) is 0 Å². The lowest BCUT2D eigenvalue weighted by atomic mass is 10.0. The van der Waals surface area contributed by atoms with Crippen LogP contribution >= 0.6 is 0 Å². The second-order valence-corrected chi connectivity index (χ2v) is 7.94. The number of hydrogen-bond acceptors (Lipinski definition) is 3. The van der Waals surface area contributed by atoms with Crippen LogP contribution in [0, 0.1) is 5.92 Å². The van der Waals surface area contributed by atoms with Crippen molar-refractivity contribution in [2.75, 3.05) is 5.75 Å². The first kappa shape index (κ1) is 13.3. The van der Waals surface area contributed by atoms with E-state index in [1.54, 1.807) is 4.31 Å². The summed E-state index contributed by atoms with van der Waals surface area (Å²) in [7, 11) is -3.06. The summed E-state index contributed by atoms with van der Waals surface area (Å²) in [5, 5.41) is 0. The molecular weight excluding hydrogens is 236 g/mol. The molecule has 2 aliphatic rings. The number of piperidine rings is 1. The van der Waals surface area contributed by atoms with Crippen molar-refractivity contribution in [2.24, 2.45) is 11.7 Å². The molecule has 2 fully saturated rings. The molecule has 2 heterocycles. The molecule has 0 spiro atoms. The van der Waals surface area contributed by atoms with Gasteiger partial charge in [0.25, 0.3) is 0 Å². The van der Waals surface area contributed by atoms with Gasteiger partial charge in [0.05, 0.1) is 5.75 Å². The molecule has 0 radical (unpaired) electrons. The maximum atomic E-state index is 12.3. The molecule has 0 aliphatic carbocycles. The molecule has 0 aromatic heterocycles. The summed E-state index contributed by atoms with van der Waals surface area (Å²) in [5.41, 5.74) is 5.96. The third-order valence-corrected chi connectivity index (χ3v) is 5.97. The van der Waals surface area contributed by atoms with Crippen molar-refractivity contribution in [3.05, 3.63) is 0 Å². The summed E-state index contributed by atoms with van der Waals surface area (Å²) in [6.07, 6.45) is 4.44. The van der Waals surface area contributed by atoms with Gasteiger partial charge in [0.15, 0.2) is 0 Å². The Kier molecular flexibility index (Phi) is 3.80. The third-order valence-electron chi connectivity index (χ3n) is 3.98. The first-order valence-corrected chi connectivity index (χ1v) is 8.28. The van der Waals surface area contributed by atoms with E-state index in [4.69, 9.17) is 5.73 Å². The zero-order valence-corrected chi connectivity index (χ0v) is 11.6. The second-order valence-electron chi connectivity index (χ2n) is 5.94. The minimum Gasteiger partial charge on any atom is -0.328 e. The summed E-state index contributed by atoms with van der Waals surface area (Å²) >= 11 is 0. The van der Waals surface area contributed by atoms with Gasteiger partial charge < -0.3 is 5.73 Å². The van der Waals surface area contributed by atoms with E-state index in [-0.39, 0.29) is 18.1 Å². The Balaban J connectivity index is 2.07. The maximum Gasteiger partial charge on any atom is 0.214 e. The van der Waals surface area contributed by atoms with Crippen LogP contribution < -0.4 is 5.73 Å². The number of nitrogens with zero attached hydrogens (tertiary/aromatic N) is 1. The molecule has 2 N–H and O–H groups in total. The largest absolute Gasteiger partial charge is 0.328 e. The number of hydrogen-bond donors (Lipinski definition) is 1. The van der Waals surface area contributed by atoms with E-state index in [2.05, 4.69) is 13.8 Å². The summed E-state index contributed by atoms with van der Waals surface area (Å²) in [6.45, 7) is 4.13. The van der Waals surface area contributed by atoms with Crippen LogP contribution in [0.3, 0.4) is 0 Å². The first-order chi connectivity index (χ1) is 7.90. The summed E-state index contributed by atoms with van der Waals surface area (Å²) < 4.78 is 26.5. The average Bonchev–Trinajstić information content (AvgIpc) is 2.50. The Labute approximate surface area is 105 Å². The summed E-state index contributed by atoms with van der Waals surface area (Å²) in [5.74, 6) is 0.738. The second kappa shape index (κ2) is 4.86. The summed E-state index contributed by atoms with van der Waals surface area (Å²) in [6, 6.07) is 0.561. The van der Waals surface area contributed by atoms with Crippen LogP contribution in [0.15, 0.2) is 0 Å². The van der Waals surface area contributed by atoms with Gasteiger partial charge in [-0.3, -0.25) is 0 Å². The standard InChI is InChI=1S/C12H24N2O2S/c1-9(2)5-6-17(15,16)14-11-3-4-12(14)8-10(13)7-11/h9-12H,3-8,13H2,1-2H3. The van der Waals surface area contributed by atoms with Crippen LogP contribution in [0.5, 0.6) is 0 Å². The van der Waals surface area contributed by atoms with Gasteiger partial charge >= 0.3 is 0 Å². The molecular formula is C12H24N2O2S. The fourth-order valence-corrected chi connectivity index (χ4v) is 5.39. The van der Waals surface area contributed by atoms with Gasteiger partial charge in [0.1, 0.15) is 0 Å². The Morgan fingerprint density at radius 1 is 1.24 bits per heavy atom. The first-order valence-electron chi connectivity index (χ1n) is 6.67. The highest BCUT2D eigenvalue weighted by atomic mass is 32.2. The van der Waals surface area contributed by atoms with Crippen LogP contribution in [-0.4, -0.2) is 36.6 Å². The Hall–Kier alpha value is -0.130. The molecule has 0 aromatic rings. The van der Waals surface area contributed by atoms with E-state index in [0.717, 1.165) is 32.1 Å². The molecule has 0 amide bonds. The van der Waals surface area contributed by atoms with Crippen molar-refractivity contribution in [1.29, 1.82) is 0 Å². The highest BCUT2D eigenvalue weighted by molar-refractivity contribution is 7.89. The predicted octanol–water partition coefficient (Wildman–Crippen LogP) is 1.32. The lowest BCUT2D eigenvalue weighted by Gasteiger charge is -2.36. The van der Waals surface area contributed by atoms with Gasteiger partial charge in [-0.1, -0.05) is 13.8 Å². The summed E-state index contributed by atoms with van der Waals surface area (Å²) in [4.78, 5) is 0. The van der Waals surface area contributed by atoms with Gasteiger partial charge in [-0.15, -0.1) is 0 Å². The van der Waals surface area contributed by atoms with Crippen molar-refractivity contribution in [1.82, 2.24) is 4.31 Å². The van der Waals surface area contributed by atoms with Gasteiger partial charge in [-0.2, -0.15) is 4.31 Å². The molecule has 2 atom stereocenters. The molecule has 4 nitrogen and oxygen atoms in total. The quantitative estimate of drug-likeness (QED) is 0.829. The van der Waals surface area contributed by atoms with Crippen molar-refractivity contribution in [2.45, 2.75) is 64.1 Å². The number of rotatable bonds is 4. The molecule has 0 aromatic carbocycles. The van der Waals surface area contributed by atoms with E-state index in [1.165, 1.54) is 0 Å². The minimum absolute atomic E-state index is 0.181. The zero-order valence-electron chi connectivity index (χ0n) is 10.8. The van der Waals surface area contributed by atoms with Crippen LogP contribution in [0.25, 0.3) is 0 Å². The number of nitrogens with two attached hydrogens (primary N) is 1. The van der Waals surface area contributed by atoms with Crippen molar-refractivity contribution in [3.63, 3.8) is 0 Å². The minimum atomic E-state index is -3.06. The predicted molar refractivity (Wildman–Crippen MR) is 69.1 cm³/mol. The smallest absolute Gasteiger partial charge is 0.214 e. The number of fused-ring (bicyclic) bond motifs is 2. The Morgan fingerprint density at radius 3 is 2.24 bits per heavy atom. The van der Waals surface area contributed by atoms with E-state index >= 15 is 0 Å². The third kappa shape index (κ3) is 2.83. The molecule has 2 aliphatic heterocycles. The van der Waals surface area contributed by atoms with Crippen LogP contribution in [0.4, 0.5) is 0 Å². The zero-order chi connectivity index (χ0) is 12.6. The molecule has 5 heteroatoms. The van der Waals surface area contributed by atoms with Gasteiger partial charge in [0, 0.05) is 18.1 Å². The monoisotopic (exact) mass is 260 g/mol. The fourth-order valence-electron chi connectivity index (χ4n) is 3.12. The van der Waals surface area contributed by atoms with E-state index in [9.17, 15) is 8.42 Å². The molecule has 2 unspecified atom stereocenters. The molecule has 2 bridgehead atoms. The highest BCUT2D eigenvalue weighted by Crippen LogP contribution is 2.37. The lowest BCUT2D eigenvalue weighted by Crippen LogP contribution is -2.50. The highest BCUT2D eigenvalue weighted by Gasteiger charge is 2.45. The Morgan fingerprint density at radius 2 is 1.76 bits per heavy atom. The lowest BCUT2D eigenvalue weighted by molar-refractivity contribution is 0.227. The van der Waals surface area contributed by atoms with Crippen molar-refractivity contribution >= 4 is 10.0 Å². The average molecular weight is 260 g/mol. The normalized spacial score (nSPS) is 34.5. The molecule has 100 valence electrons.